The maximum atomic E-state index is 12.5. The van der Waals surface area contributed by atoms with Gasteiger partial charge in [-0.25, -0.2) is 0 Å². The van der Waals surface area contributed by atoms with E-state index in [1.54, 1.807) is 0 Å². The molecular formula is C16H30N2O. The summed E-state index contributed by atoms with van der Waals surface area (Å²) in [6.45, 7) is 13.1. The van der Waals surface area contributed by atoms with Crippen LogP contribution in [0, 0.1) is 11.3 Å². The molecule has 0 aromatic rings. The van der Waals surface area contributed by atoms with Crippen LogP contribution < -0.4 is 0 Å². The zero-order valence-electron chi connectivity index (χ0n) is 13.1. The van der Waals surface area contributed by atoms with Gasteiger partial charge in [0.2, 0.25) is 5.91 Å². The van der Waals surface area contributed by atoms with E-state index < -0.39 is 0 Å². The summed E-state index contributed by atoms with van der Waals surface area (Å²) in [5, 5.41) is 0. The van der Waals surface area contributed by atoms with Gasteiger partial charge in [-0.3, -0.25) is 9.69 Å². The molecule has 0 radical (unpaired) electrons. The van der Waals surface area contributed by atoms with E-state index in [1.807, 2.05) is 0 Å². The highest BCUT2D eigenvalue weighted by Gasteiger charge is 2.47. The fourth-order valence-electron chi connectivity index (χ4n) is 3.37. The molecule has 1 aliphatic heterocycles. The molecule has 2 rings (SSSR count). The van der Waals surface area contributed by atoms with Crippen LogP contribution >= 0.6 is 0 Å². The molecule has 1 atom stereocenters. The molecule has 0 N–H and O–H groups in total. The zero-order valence-corrected chi connectivity index (χ0v) is 13.1. The van der Waals surface area contributed by atoms with E-state index in [1.165, 1.54) is 25.8 Å². The SMILES string of the molecule is CCCN1CCN(C(=O)CC2(C(C)C)CC2)CC1C. The van der Waals surface area contributed by atoms with Crippen LogP contribution in [0.3, 0.4) is 0 Å². The second kappa shape index (κ2) is 5.82. The van der Waals surface area contributed by atoms with Crippen LogP contribution in [-0.4, -0.2) is 47.9 Å². The summed E-state index contributed by atoms with van der Waals surface area (Å²) in [7, 11) is 0. The first-order valence-electron chi connectivity index (χ1n) is 8.00. The normalized spacial score (nSPS) is 26.8. The summed E-state index contributed by atoms with van der Waals surface area (Å²) in [5.41, 5.74) is 0.348. The smallest absolute Gasteiger partial charge is 0.223 e. The van der Waals surface area contributed by atoms with Crippen molar-refractivity contribution >= 4 is 5.91 Å². The molecule has 2 fully saturated rings. The number of amides is 1. The van der Waals surface area contributed by atoms with E-state index >= 15 is 0 Å². The van der Waals surface area contributed by atoms with Gasteiger partial charge in [-0.1, -0.05) is 20.8 Å². The third-order valence-electron chi connectivity index (χ3n) is 5.25. The molecule has 110 valence electrons. The van der Waals surface area contributed by atoms with Crippen LogP contribution in [-0.2, 0) is 4.79 Å². The predicted molar refractivity (Wildman–Crippen MR) is 79.0 cm³/mol. The number of hydrogen-bond acceptors (Lipinski definition) is 2. The Morgan fingerprint density at radius 1 is 1.32 bits per heavy atom. The first-order chi connectivity index (χ1) is 8.98. The summed E-state index contributed by atoms with van der Waals surface area (Å²) >= 11 is 0. The lowest BCUT2D eigenvalue weighted by atomic mass is 9.88. The van der Waals surface area contributed by atoms with Crippen LogP contribution in [0.1, 0.15) is 53.4 Å². The Hall–Kier alpha value is -0.570. The number of rotatable bonds is 5. The molecular weight excluding hydrogens is 236 g/mol. The first-order valence-corrected chi connectivity index (χ1v) is 8.00. The zero-order chi connectivity index (χ0) is 14.0. The second-order valence-corrected chi connectivity index (χ2v) is 6.92. The maximum Gasteiger partial charge on any atom is 0.223 e. The van der Waals surface area contributed by atoms with Gasteiger partial charge in [0.15, 0.2) is 0 Å². The fraction of sp³-hybridized carbons (Fsp3) is 0.938. The molecule has 1 aliphatic carbocycles. The van der Waals surface area contributed by atoms with Crippen molar-refractivity contribution in [2.45, 2.75) is 59.4 Å². The molecule has 0 bridgehead atoms. The van der Waals surface area contributed by atoms with Crippen LogP contribution in [0.5, 0.6) is 0 Å². The van der Waals surface area contributed by atoms with E-state index in [2.05, 4.69) is 37.5 Å². The van der Waals surface area contributed by atoms with Crippen molar-refractivity contribution in [1.82, 2.24) is 9.80 Å². The Kier molecular flexibility index (Phi) is 4.54. The van der Waals surface area contributed by atoms with E-state index in [4.69, 9.17) is 0 Å². The molecule has 1 saturated carbocycles. The lowest BCUT2D eigenvalue weighted by Gasteiger charge is -2.40. The monoisotopic (exact) mass is 266 g/mol. The van der Waals surface area contributed by atoms with Crippen LogP contribution in [0.2, 0.25) is 0 Å². The molecule has 19 heavy (non-hydrogen) atoms. The number of nitrogens with zero attached hydrogens (tertiary/aromatic N) is 2. The molecule has 3 nitrogen and oxygen atoms in total. The van der Waals surface area contributed by atoms with E-state index in [9.17, 15) is 4.79 Å². The quantitative estimate of drug-likeness (QED) is 0.764. The third kappa shape index (κ3) is 3.31. The van der Waals surface area contributed by atoms with Crippen molar-refractivity contribution in [3.63, 3.8) is 0 Å². The largest absolute Gasteiger partial charge is 0.340 e. The fourth-order valence-corrected chi connectivity index (χ4v) is 3.37. The van der Waals surface area contributed by atoms with Gasteiger partial charge in [-0.2, -0.15) is 0 Å². The van der Waals surface area contributed by atoms with Gasteiger partial charge in [0.1, 0.15) is 0 Å². The topological polar surface area (TPSA) is 23.6 Å². The van der Waals surface area contributed by atoms with Gasteiger partial charge in [0.05, 0.1) is 0 Å². The van der Waals surface area contributed by atoms with Gasteiger partial charge < -0.3 is 4.90 Å². The van der Waals surface area contributed by atoms with Crippen molar-refractivity contribution in [2.75, 3.05) is 26.2 Å². The van der Waals surface area contributed by atoms with Crippen molar-refractivity contribution in [3.05, 3.63) is 0 Å². The highest BCUT2D eigenvalue weighted by Crippen LogP contribution is 2.54. The maximum absolute atomic E-state index is 12.5. The molecule has 0 spiro atoms. The Morgan fingerprint density at radius 2 is 2.00 bits per heavy atom. The Balaban J connectivity index is 1.85. The molecule has 0 aromatic carbocycles. The van der Waals surface area contributed by atoms with Crippen molar-refractivity contribution in [3.8, 4) is 0 Å². The van der Waals surface area contributed by atoms with Gasteiger partial charge in [0, 0.05) is 32.1 Å². The van der Waals surface area contributed by atoms with Gasteiger partial charge in [-0.15, -0.1) is 0 Å². The third-order valence-corrected chi connectivity index (χ3v) is 5.25. The minimum atomic E-state index is 0.348. The predicted octanol–water partition coefficient (Wildman–Crippen LogP) is 2.76. The van der Waals surface area contributed by atoms with Gasteiger partial charge in [-0.05, 0) is 44.1 Å². The molecule has 3 heteroatoms. The summed E-state index contributed by atoms with van der Waals surface area (Å²) in [6.07, 6.45) is 4.49. The van der Waals surface area contributed by atoms with Crippen LogP contribution in [0.25, 0.3) is 0 Å². The number of piperazine rings is 1. The minimum absolute atomic E-state index is 0.348. The molecule has 0 aromatic heterocycles. The minimum Gasteiger partial charge on any atom is -0.340 e. The Labute approximate surface area is 118 Å². The Morgan fingerprint density at radius 3 is 2.47 bits per heavy atom. The molecule has 1 saturated heterocycles. The molecule has 1 unspecified atom stereocenters. The van der Waals surface area contributed by atoms with E-state index in [0.717, 1.165) is 26.1 Å². The van der Waals surface area contributed by atoms with Crippen molar-refractivity contribution in [1.29, 1.82) is 0 Å². The number of hydrogen-bond donors (Lipinski definition) is 0. The first kappa shape index (κ1) is 14.8. The lowest BCUT2D eigenvalue weighted by Crippen LogP contribution is -2.54. The second-order valence-electron chi connectivity index (χ2n) is 6.92. The Bertz CT molecular complexity index is 323. The molecule has 1 heterocycles. The van der Waals surface area contributed by atoms with Gasteiger partial charge in [0.25, 0.3) is 0 Å². The van der Waals surface area contributed by atoms with Crippen molar-refractivity contribution < 1.29 is 4.79 Å². The summed E-state index contributed by atoms with van der Waals surface area (Å²) < 4.78 is 0. The van der Waals surface area contributed by atoms with E-state index in [-0.39, 0.29) is 0 Å². The lowest BCUT2D eigenvalue weighted by molar-refractivity contribution is -0.135. The van der Waals surface area contributed by atoms with Crippen molar-refractivity contribution in [2.24, 2.45) is 11.3 Å². The van der Waals surface area contributed by atoms with Gasteiger partial charge >= 0.3 is 0 Å². The number of carbonyl (C=O) groups is 1. The molecule has 1 amide bonds. The van der Waals surface area contributed by atoms with Crippen LogP contribution in [0.15, 0.2) is 0 Å². The molecule has 2 aliphatic rings. The standard InChI is InChI=1S/C16H30N2O/c1-5-8-17-9-10-18(12-14(17)4)15(19)11-16(6-7-16)13(2)3/h13-14H,5-12H2,1-4H3. The van der Waals surface area contributed by atoms with Crippen LogP contribution in [0.4, 0.5) is 0 Å². The summed E-state index contributed by atoms with van der Waals surface area (Å²) in [4.78, 5) is 17.1. The summed E-state index contributed by atoms with van der Waals surface area (Å²) in [6, 6.07) is 0.520. The van der Waals surface area contributed by atoms with E-state index in [0.29, 0.717) is 23.3 Å². The highest BCUT2D eigenvalue weighted by atomic mass is 16.2. The average molecular weight is 266 g/mol. The number of carbonyl (C=O) groups excluding carboxylic acids is 1. The average Bonchev–Trinajstić information content (AvgIpc) is 3.13. The highest BCUT2D eigenvalue weighted by molar-refractivity contribution is 5.77. The summed E-state index contributed by atoms with van der Waals surface area (Å²) in [5.74, 6) is 1.05.